The van der Waals surface area contributed by atoms with Crippen molar-refractivity contribution in [3.05, 3.63) is 64.7 Å². The Bertz CT molecular complexity index is 918. The lowest BCUT2D eigenvalue weighted by atomic mass is 9.95. The molecule has 0 radical (unpaired) electrons. The van der Waals surface area contributed by atoms with Crippen molar-refractivity contribution in [3.63, 3.8) is 0 Å². The molecule has 36 heavy (non-hydrogen) atoms. The number of carbonyl (C=O) groups is 2. The van der Waals surface area contributed by atoms with Crippen LogP contribution in [-0.4, -0.2) is 17.0 Å². The van der Waals surface area contributed by atoms with Crippen molar-refractivity contribution in [2.75, 3.05) is 0 Å². The fraction of sp³-hybridized carbons (Fsp3) is 0.562. The molecule has 0 amide bonds. The summed E-state index contributed by atoms with van der Waals surface area (Å²) in [5, 5.41) is 9.48. The van der Waals surface area contributed by atoms with E-state index in [1.165, 1.54) is 94.7 Å². The predicted octanol–water partition coefficient (Wildman–Crippen LogP) is 9.19. The van der Waals surface area contributed by atoms with Crippen LogP contribution in [0.2, 0.25) is 0 Å². The molecule has 2 rings (SSSR count). The van der Waals surface area contributed by atoms with Crippen LogP contribution in [0.15, 0.2) is 42.5 Å². The maximum absolute atomic E-state index is 13.0. The SMILES string of the molecule is CCCCCCCCCc1cccc(OC(=O)c2ccccc2C(=O)O)c1CCCCCCCCC. The number of hydrogen-bond donors (Lipinski definition) is 1. The van der Waals surface area contributed by atoms with E-state index < -0.39 is 11.9 Å². The minimum atomic E-state index is -1.13. The summed E-state index contributed by atoms with van der Waals surface area (Å²) >= 11 is 0. The van der Waals surface area contributed by atoms with Gasteiger partial charge in [-0.3, -0.25) is 0 Å². The van der Waals surface area contributed by atoms with Gasteiger partial charge < -0.3 is 9.84 Å². The van der Waals surface area contributed by atoms with Gasteiger partial charge >= 0.3 is 11.9 Å². The largest absolute Gasteiger partial charge is 0.478 e. The highest BCUT2D eigenvalue weighted by molar-refractivity contribution is 6.03. The maximum Gasteiger partial charge on any atom is 0.344 e. The van der Waals surface area contributed by atoms with E-state index in [1.807, 2.05) is 12.1 Å². The summed E-state index contributed by atoms with van der Waals surface area (Å²) in [6.07, 6.45) is 19.3. The molecule has 0 spiro atoms. The lowest BCUT2D eigenvalue weighted by molar-refractivity contribution is 0.0667. The molecule has 0 fully saturated rings. The summed E-state index contributed by atoms with van der Waals surface area (Å²) in [6.45, 7) is 4.48. The maximum atomic E-state index is 13.0. The molecule has 1 N–H and O–H groups in total. The van der Waals surface area contributed by atoms with Crippen LogP contribution in [-0.2, 0) is 12.8 Å². The molecule has 0 aromatic heterocycles. The summed E-state index contributed by atoms with van der Waals surface area (Å²) in [6, 6.07) is 12.2. The van der Waals surface area contributed by atoms with Crippen LogP contribution in [0.5, 0.6) is 5.75 Å². The van der Waals surface area contributed by atoms with Gasteiger partial charge in [-0.25, -0.2) is 9.59 Å². The molecule has 0 saturated carbocycles. The summed E-state index contributed by atoms with van der Waals surface area (Å²) < 4.78 is 5.84. The highest BCUT2D eigenvalue weighted by Gasteiger charge is 2.20. The van der Waals surface area contributed by atoms with Crippen molar-refractivity contribution in [2.24, 2.45) is 0 Å². The molecule has 0 aliphatic carbocycles. The highest BCUT2D eigenvalue weighted by atomic mass is 16.5. The molecule has 2 aromatic carbocycles. The van der Waals surface area contributed by atoms with Gasteiger partial charge in [0.25, 0.3) is 0 Å². The molecule has 2 aromatic rings. The number of aromatic carboxylic acids is 1. The first-order valence-electron chi connectivity index (χ1n) is 14.2. The predicted molar refractivity (Wildman–Crippen MR) is 148 cm³/mol. The Morgan fingerprint density at radius 1 is 0.639 bits per heavy atom. The number of unbranched alkanes of at least 4 members (excludes halogenated alkanes) is 12. The number of carbonyl (C=O) groups excluding carboxylic acids is 1. The Morgan fingerprint density at radius 3 is 1.75 bits per heavy atom. The van der Waals surface area contributed by atoms with Gasteiger partial charge in [0.1, 0.15) is 5.75 Å². The minimum Gasteiger partial charge on any atom is -0.478 e. The van der Waals surface area contributed by atoms with Crippen LogP contribution in [0.4, 0.5) is 0 Å². The molecule has 0 heterocycles. The first-order chi connectivity index (χ1) is 17.6. The lowest BCUT2D eigenvalue weighted by Gasteiger charge is -2.16. The van der Waals surface area contributed by atoms with Gasteiger partial charge in [-0.15, -0.1) is 0 Å². The van der Waals surface area contributed by atoms with Gasteiger partial charge in [-0.2, -0.15) is 0 Å². The molecular formula is C32H46O4. The lowest BCUT2D eigenvalue weighted by Crippen LogP contribution is -2.15. The summed E-state index contributed by atoms with van der Waals surface area (Å²) in [7, 11) is 0. The second-order valence-corrected chi connectivity index (χ2v) is 9.88. The Kier molecular flexibility index (Phi) is 14.6. The van der Waals surface area contributed by atoms with Crippen LogP contribution in [0.1, 0.15) is 136 Å². The molecule has 0 bridgehead atoms. The monoisotopic (exact) mass is 494 g/mol. The molecule has 0 aliphatic heterocycles. The number of aryl methyl sites for hydroxylation is 1. The first kappa shape index (κ1) is 29.6. The number of esters is 1. The number of rotatable bonds is 19. The average molecular weight is 495 g/mol. The Labute approximate surface area is 218 Å². The average Bonchev–Trinajstić information content (AvgIpc) is 2.88. The zero-order chi connectivity index (χ0) is 26.0. The summed E-state index contributed by atoms with van der Waals surface area (Å²) in [4.78, 5) is 24.6. The van der Waals surface area contributed by atoms with Crippen LogP contribution in [0.3, 0.4) is 0 Å². The second kappa shape index (κ2) is 17.8. The van der Waals surface area contributed by atoms with Crippen LogP contribution in [0.25, 0.3) is 0 Å². The third kappa shape index (κ3) is 10.6. The van der Waals surface area contributed by atoms with E-state index in [0.717, 1.165) is 31.2 Å². The third-order valence-electron chi connectivity index (χ3n) is 6.89. The number of hydrogen-bond acceptors (Lipinski definition) is 3. The number of benzene rings is 2. The minimum absolute atomic E-state index is 0.0321. The first-order valence-corrected chi connectivity index (χ1v) is 14.2. The molecule has 4 nitrogen and oxygen atoms in total. The van der Waals surface area contributed by atoms with E-state index in [9.17, 15) is 14.7 Å². The van der Waals surface area contributed by atoms with Crippen LogP contribution >= 0.6 is 0 Å². The Balaban J connectivity index is 2.08. The van der Waals surface area contributed by atoms with Gasteiger partial charge in [0.2, 0.25) is 0 Å². The van der Waals surface area contributed by atoms with Crippen molar-refractivity contribution in [2.45, 2.75) is 117 Å². The molecule has 0 unspecified atom stereocenters. The van der Waals surface area contributed by atoms with Gasteiger partial charge in [0, 0.05) is 0 Å². The summed E-state index contributed by atoms with van der Waals surface area (Å²) in [5.41, 5.74) is 2.42. The van der Waals surface area contributed by atoms with E-state index in [2.05, 4.69) is 19.9 Å². The van der Waals surface area contributed by atoms with Gasteiger partial charge in [-0.05, 0) is 55.0 Å². The zero-order valence-electron chi connectivity index (χ0n) is 22.5. The van der Waals surface area contributed by atoms with Crippen molar-refractivity contribution >= 4 is 11.9 Å². The summed E-state index contributed by atoms with van der Waals surface area (Å²) in [5.74, 6) is -1.16. The van der Waals surface area contributed by atoms with Crippen molar-refractivity contribution in [1.82, 2.24) is 0 Å². The number of carboxylic acid groups (broad SMARTS) is 1. The molecule has 198 valence electrons. The molecule has 0 atom stereocenters. The van der Waals surface area contributed by atoms with Gasteiger partial charge in [0.05, 0.1) is 11.1 Å². The molecule has 0 saturated heterocycles. The van der Waals surface area contributed by atoms with Crippen LogP contribution in [0, 0.1) is 0 Å². The molecule has 4 heteroatoms. The van der Waals surface area contributed by atoms with Gasteiger partial charge in [-0.1, -0.05) is 115 Å². The standard InChI is InChI=1S/C32H46O4/c1-3-5-7-9-11-13-15-20-26-21-19-25-30(27(26)22-16-14-12-10-8-6-4-2)36-32(35)29-24-18-17-23-28(29)31(33)34/h17-19,21,23-25H,3-16,20,22H2,1-2H3,(H,33,34). The normalized spacial score (nSPS) is 10.9. The van der Waals surface area contributed by atoms with Crippen LogP contribution < -0.4 is 4.74 Å². The Morgan fingerprint density at radius 2 is 1.17 bits per heavy atom. The van der Waals surface area contributed by atoms with Gasteiger partial charge in [0.15, 0.2) is 0 Å². The van der Waals surface area contributed by atoms with E-state index >= 15 is 0 Å². The van der Waals surface area contributed by atoms with Crippen molar-refractivity contribution in [1.29, 1.82) is 0 Å². The second-order valence-electron chi connectivity index (χ2n) is 9.88. The number of carboxylic acids is 1. The van der Waals surface area contributed by atoms with E-state index in [-0.39, 0.29) is 11.1 Å². The Hall–Kier alpha value is -2.62. The molecular weight excluding hydrogens is 448 g/mol. The fourth-order valence-corrected chi connectivity index (χ4v) is 4.76. The quantitative estimate of drug-likeness (QED) is 0.120. The smallest absolute Gasteiger partial charge is 0.344 e. The third-order valence-corrected chi connectivity index (χ3v) is 6.89. The highest BCUT2D eigenvalue weighted by Crippen LogP contribution is 2.28. The van der Waals surface area contributed by atoms with Crippen molar-refractivity contribution in [3.8, 4) is 5.75 Å². The van der Waals surface area contributed by atoms with Crippen molar-refractivity contribution < 1.29 is 19.4 Å². The zero-order valence-corrected chi connectivity index (χ0v) is 22.5. The van der Waals surface area contributed by atoms with E-state index in [0.29, 0.717) is 5.75 Å². The molecule has 0 aliphatic rings. The number of ether oxygens (including phenoxy) is 1. The van der Waals surface area contributed by atoms with E-state index in [1.54, 1.807) is 12.1 Å². The van der Waals surface area contributed by atoms with E-state index in [4.69, 9.17) is 4.74 Å². The fourth-order valence-electron chi connectivity index (χ4n) is 4.76. The topological polar surface area (TPSA) is 63.6 Å².